The number of hydrogen-bond acceptors (Lipinski definition) is 7. The van der Waals surface area contributed by atoms with Gasteiger partial charge < -0.3 is 4.74 Å². The summed E-state index contributed by atoms with van der Waals surface area (Å²) in [5.41, 5.74) is 5.57. The van der Waals surface area contributed by atoms with Crippen molar-refractivity contribution in [2.75, 3.05) is 5.43 Å². The lowest BCUT2D eigenvalue weighted by Gasteiger charge is -2.11. The number of benzene rings is 2. The van der Waals surface area contributed by atoms with Crippen molar-refractivity contribution < 1.29 is 14.5 Å². The van der Waals surface area contributed by atoms with Crippen molar-refractivity contribution in [3.8, 4) is 11.6 Å². The second-order valence-corrected chi connectivity index (χ2v) is 6.50. The number of carbonyl (C=O) groups excluding carboxylic acids is 1. The number of nitrogens with zero attached hydrogens (tertiary/aromatic N) is 3. The largest absolute Gasteiger partial charge is 0.434 e. The quantitative estimate of drug-likeness (QED) is 0.436. The van der Waals surface area contributed by atoms with E-state index in [-0.39, 0.29) is 11.7 Å². The topological polar surface area (TPSA) is 119 Å². The molecule has 0 saturated heterocycles. The predicted octanol–water partition coefficient (Wildman–Crippen LogP) is 4.00. The molecule has 0 bridgehead atoms. The standard InChI is InChI=1S/C18H14BrN5O4/c1-11-4-2-3-5-14(11)17(25)23-22-16-15(24(26)27)18(21-10-20-16)28-13-8-6-12(19)7-9-13/h2-10H,1H3,(H,23,25)(H,20,21,22). The molecule has 1 aromatic heterocycles. The summed E-state index contributed by atoms with van der Waals surface area (Å²) in [7, 11) is 0. The van der Waals surface area contributed by atoms with Gasteiger partial charge in [0.15, 0.2) is 0 Å². The van der Waals surface area contributed by atoms with E-state index in [4.69, 9.17) is 4.74 Å². The Hall–Kier alpha value is -3.53. The molecule has 2 aromatic carbocycles. The lowest BCUT2D eigenvalue weighted by Crippen LogP contribution is -2.30. The maximum absolute atomic E-state index is 12.3. The third kappa shape index (κ3) is 4.41. The van der Waals surface area contributed by atoms with Crippen LogP contribution in [0.2, 0.25) is 0 Å². The van der Waals surface area contributed by atoms with Gasteiger partial charge in [-0.1, -0.05) is 34.1 Å². The molecule has 2 N–H and O–H groups in total. The van der Waals surface area contributed by atoms with Crippen molar-refractivity contribution in [3.63, 3.8) is 0 Å². The number of hydrogen-bond donors (Lipinski definition) is 2. The normalized spacial score (nSPS) is 10.2. The van der Waals surface area contributed by atoms with Gasteiger partial charge >= 0.3 is 11.6 Å². The molecule has 3 aromatic rings. The molecule has 1 amide bonds. The molecular formula is C18H14BrN5O4. The molecule has 28 heavy (non-hydrogen) atoms. The molecule has 10 heteroatoms. The molecule has 0 radical (unpaired) electrons. The van der Waals surface area contributed by atoms with E-state index >= 15 is 0 Å². The summed E-state index contributed by atoms with van der Waals surface area (Å²) in [5.74, 6) is -0.551. The summed E-state index contributed by atoms with van der Waals surface area (Å²) >= 11 is 3.30. The van der Waals surface area contributed by atoms with E-state index in [9.17, 15) is 14.9 Å². The Kier molecular flexibility index (Phi) is 5.80. The lowest BCUT2D eigenvalue weighted by atomic mass is 10.1. The van der Waals surface area contributed by atoms with E-state index in [1.54, 1.807) is 55.5 Å². The van der Waals surface area contributed by atoms with E-state index in [1.165, 1.54) is 0 Å². The number of nitro groups is 1. The number of amides is 1. The average Bonchev–Trinajstić information content (AvgIpc) is 2.68. The first-order valence-corrected chi connectivity index (χ1v) is 8.80. The molecule has 0 aliphatic carbocycles. The number of rotatable bonds is 6. The minimum Gasteiger partial charge on any atom is -0.434 e. The van der Waals surface area contributed by atoms with Crippen LogP contribution >= 0.6 is 15.9 Å². The SMILES string of the molecule is Cc1ccccc1C(=O)NNc1ncnc(Oc2ccc(Br)cc2)c1[N+](=O)[O-]. The first-order chi connectivity index (χ1) is 13.5. The van der Waals surface area contributed by atoms with E-state index < -0.39 is 16.5 Å². The second kappa shape index (κ2) is 8.44. The van der Waals surface area contributed by atoms with Crippen molar-refractivity contribution in [1.29, 1.82) is 0 Å². The maximum Gasteiger partial charge on any atom is 0.374 e. The first-order valence-electron chi connectivity index (χ1n) is 8.00. The van der Waals surface area contributed by atoms with Gasteiger partial charge in [-0.3, -0.25) is 25.8 Å². The number of carbonyl (C=O) groups is 1. The van der Waals surface area contributed by atoms with Gasteiger partial charge in [-0.15, -0.1) is 0 Å². The maximum atomic E-state index is 12.3. The molecule has 0 aliphatic heterocycles. The van der Waals surface area contributed by atoms with Crippen LogP contribution in [0, 0.1) is 17.0 Å². The highest BCUT2D eigenvalue weighted by Crippen LogP contribution is 2.33. The number of anilines is 1. The van der Waals surface area contributed by atoms with Gasteiger partial charge in [0.1, 0.15) is 12.1 Å². The molecule has 0 fully saturated rings. The summed E-state index contributed by atoms with van der Waals surface area (Å²) < 4.78 is 6.34. The van der Waals surface area contributed by atoms with Crippen LogP contribution in [0.15, 0.2) is 59.3 Å². The zero-order valence-corrected chi connectivity index (χ0v) is 16.1. The molecule has 0 aliphatic rings. The Morgan fingerprint density at radius 2 is 1.86 bits per heavy atom. The zero-order chi connectivity index (χ0) is 20.1. The summed E-state index contributed by atoms with van der Waals surface area (Å²) in [6, 6.07) is 13.7. The Morgan fingerprint density at radius 1 is 1.14 bits per heavy atom. The predicted molar refractivity (Wildman–Crippen MR) is 105 cm³/mol. The summed E-state index contributed by atoms with van der Waals surface area (Å²) in [4.78, 5) is 30.8. The van der Waals surface area contributed by atoms with Crippen molar-refractivity contribution in [3.05, 3.63) is 80.6 Å². The Bertz CT molecular complexity index is 1030. The second-order valence-electron chi connectivity index (χ2n) is 5.58. The highest BCUT2D eigenvalue weighted by molar-refractivity contribution is 9.10. The van der Waals surface area contributed by atoms with Crippen LogP contribution < -0.4 is 15.6 Å². The molecule has 0 spiro atoms. The van der Waals surface area contributed by atoms with Gasteiger partial charge in [0.25, 0.3) is 5.91 Å². The van der Waals surface area contributed by atoms with Gasteiger partial charge in [-0.05, 0) is 42.8 Å². The van der Waals surface area contributed by atoms with Crippen molar-refractivity contribution in [2.24, 2.45) is 0 Å². The third-order valence-corrected chi connectivity index (χ3v) is 4.21. The molecule has 1 heterocycles. The fourth-order valence-electron chi connectivity index (χ4n) is 2.32. The Morgan fingerprint density at radius 3 is 2.54 bits per heavy atom. The molecule has 0 atom stereocenters. The van der Waals surface area contributed by atoms with Gasteiger partial charge in [-0.2, -0.15) is 4.98 Å². The van der Waals surface area contributed by atoms with Crippen LogP contribution in [0.3, 0.4) is 0 Å². The number of aromatic nitrogens is 2. The van der Waals surface area contributed by atoms with Crippen LogP contribution in [0.1, 0.15) is 15.9 Å². The molecule has 0 saturated carbocycles. The highest BCUT2D eigenvalue weighted by atomic mass is 79.9. The van der Waals surface area contributed by atoms with Crippen LogP contribution in [0.25, 0.3) is 0 Å². The molecule has 0 unspecified atom stereocenters. The van der Waals surface area contributed by atoms with Crippen LogP contribution in [-0.2, 0) is 0 Å². The minimum atomic E-state index is -0.684. The van der Waals surface area contributed by atoms with Crippen LogP contribution in [0.4, 0.5) is 11.5 Å². The molecule has 9 nitrogen and oxygen atoms in total. The third-order valence-electron chi connectivity index (χ3n) is 3.68. The number of nitrogens with one attached hydrogen (secondary N) is 2. The number of hydrazine groups is 1. The van der Waals surface area contributed by atoms with E-state index in [0.717, 1.165) is 16.4 Å². The van der Waals surface area contributed by atoms with Gasteiger partial charge in [0.05, 0.1) is 4.92 Å². The van der Waals surface area contributed by atoms with Crippen LogP contribution in [0.5, 0.6) is 11.6 Å². The number of ether oxygens (including phenoxy) is 1. The monoisotopic (exact) mass is 443 g/mol. The van der Waals surface area contributed by atoms with Crippen molar-refractivity contribution >= 4 is 33.3 Å². The van der Waals surface area contributed by atoms with Gasteiger partial charge in [0.2, 0.25) is 5.82 Å². The van der Waals surface area contributed by atoms with Gasteiger partial charge in [0, 0.05) is 10.0 Å². The fraction of sp³-hybridized carbons (Fsp3) is 0.0556. The van der Waals surface area contributed by atoms with Crippen molar-refractivity contribution in [1.82, 2.24) is 15.4 Å². The average molecular weight is 444 g/mol. The number of halogens is 1. The zero-order valence-electron chi connectivity index (χ0n) is 14.5. The minimum absolute atomic E-state index is 0.200. The summed E-state index contributed by atoms with van der Waals surface area (Å²) in [6.45, 7) is 1.78. The van der Waals surface area contributed by atoms with Crippen LogP contribution in [-0.4, -0.2) is 20.8 Å². The molecule has 3 rings (SSSR count). The smallest absolute Gasteiger partial charge is 0.374 e. The van der Waals surface area contributed by atoms with E-state index in [0.29, 0.717) is 11.3 Å². The summed E-state index contributed by atoms with van der Waals surface area (Å²) in [5, 5.41) is 11.5. The Labute approximate surface area is 168 Å². The summed E-state index contributed by atoms with van der Waals surface area (Å²) in [6.07, 6.45) is 1.10. The molecule has 142 valence electrons. The van der Waals surface area contributed by atoms with E-state index in [1.807, 2.05) is 0 Å². The van der Waals surface area contributed by atoms with E-state index in [2.05, 4.69) is 36.7 Å². The van der Waals surface area contributed by atoms with Gasteiger partial charge in [-0.25, -0.2) is 4.98 Å². The van der Waals surface area contributed by atoms with Crippen molar-refractivity contribution in [2.45, 2.75) is 6.92 Å². The highest BCUT2D eigenvalue weighted by Gasteiger charge is 2.25. The first kappa shape index (κ1) is 19.2. The molecular weight excluding hydrogens is 430 g/mol. The number of aryl methyl sites for hydroxylation is 1. The lowest BCUT2D eigenvalue weighted by molar-refractivity contribution is -0.385. The fourth-order valence-corrected chi connectivity index (χ4v) is 2.58. The Balaban J connectivity index is 1.83.